The van der Waals surface area contributed by atoms with Crippen LogP contribution in [-0.4, -0.2) is 5.54 Å². The van der Waals surface area contributed by atoms with Crippen molar-refractivity contribution < 1.29 is 0 Å². The highest BCUT2D eigenvalue weighted by atomic mass is 15.2. The molecule has 0 saturated carbocycles. The van der Waals surface area contributed by atoms with Gasteiger partial charge < -0.3 is 0 Å². The van der Waals surface area contributed by atoms with Crippen LogP contribution in [0.4, 0.5) is 11.4 Å². The molecule has 18 heavy (non-hydrogen) atoms. The summed E-state index contributed by atoms with van der Waals surface area (Å²) < 4.78 is 0. The van der Waals surface area contributed by atoms with Gasteiger partial charge in [-0.3, -0.25) is 0 Å². The molecule has 0 N–H and O–H groups in total. The molecule has 1 heterocycles. The standard InChI is InChI=1S/C17H19N/c1-17(2,3)18-15-10-6-4-8-13(15)12-14-9-5-7-11-16(14)18/h4-11H,12H2,1-3H3/q+1. The molecule has 91 valence electrons. The Labute approximate surface area is 109 Å². The van der Waals surface area contributed by atoms with Gasteiger partial charge in [0.1, 0.15) is 5.54 Å². The van der Waals surface area contributed by atoms with Crippen LogP contribution in [-0.2, 0) is 6.42 Å². The van der Waals surface area contributed by atoms with Crippen LogP contribution in [0, 0.1) is 0 Å². The molecule has 0 aromatic heterocycles. The van der Waals surface area contributed by atoms with Crippen molar-refractivity contribution in [3.8, 4) is 0 Å². The smallest absolute Gasteiger partial charge is 0.0920 e. The molecule has 1 aliphatic rings. The zero-order chi connectivity index (χ0) is 12.8. The Hall–Kier alpha value is -1.60. The third kappa shape index (κ3) is 1.75. The fraction of sp³-hybridized carbons (Fsp3) is 0.294. The van der Waals surface area contributed by atoms with E-state index in [0.29, 0.717) is 0 Å². The molecule has 0 amide bonds. The van der Waals surface area contributed by atoms with Gasteiger partial charge in [-0.25, -0.2) is 0 Å². The highest BCUT2D eigenvalue weighted by Gasteiger charge is 2.41. The summed E-state index contributed by atoms with van der Waals surface area (Å²) in [5, 5.41) is 0. The van der Waals surface area contributed by atoms with Gasteiger partial charge in [-0.05, 0) is 20.8 Å². The third-order valence-corrected chi connectivity index (χ3v) is 3.52. The fourth-order valence-electron chi connectivity index (χ4n) is 2.81. The van der Waals surface area contributed by atoms with Gasteiger partial charge in [-0.15, -0.1) is 0 Å². The molecular weight excluding hydrogens is 218 g/mol. The molecule has 0 aliphatic carbocycles. The summed E-state index contributed by atoms with van der Waals surface area (Å²) in [7, 11) is 0. The van der Waals surface area contributed by atoms with Crippen molar-refractivity contribution in [2.75, 3.05) is 0 Å². The summed E-state index contributed by atoms with van der Waals surface area (Å²) in [6, 6.07) is 17.5. The Kier molecular flexibility index (Phi) is 2.53. The molecule has 1 radical (unpaired) electrons. The summed E-state index contributed by atoms with van der Waals surface area (Å²) in [6.07, 6.45) is 1.04. The third-order valence-electron chi connectivity index (χ3n) is 3.52. The lowest BCUT2D eigenvalue weighted by Crippen LogP contribution is -2.41. The monoisotopic (exact) mass is 237 g/mol. The molecule has 0 fully saturated rings. The Morgan fingerprint density at radius 2 is 1.22 bits per heavy atom. The van der Waals surface area contributed by atoms with Crippen molar-refractivity contribution in [3.05, 3.63) is 59.7 Å². The van der Waals surface area contributed by atoms with Crippen molar-refractivity contribution in [2.24, 2.45) is 0 Å². The molecular formula is C17H19N+. The second kappa shape index (κ2) is 3.96. The summed E-state index contributed by atoms with van der Waals surface area (Å²) in [4.78, 5) is 2.46. The highest BCUT2D eigenvalue weighted by molar-refractivity contribution is 5.67. The summed E-state index contributed by atoms with van der Waals surface area (Å²) in [5.41, 5.74) is 5.64. The van der Waals surface area contributed by atoms with E-state index in [1.165, 1.54) is 22.5 Å². The minimum Gasteiger partial charge on any atom is -0.0920 e. The van der Waals surface area contributed by atoms with Gasteiger partial charge in [0, 0.05) is 29.7 Å². The predicted molar refractivity (Wildman–Crippen MR) is 76.9 cm³/mol. The summed E-state index contributed by atoms with van der Waals surface area (Å²) in [6.45, 7) is 6.81. The number of hydrogen-bond acceptors (Lipinski definition) is 1. The van der Waals surface area contributed by atoms with Gasteiger partial charge >= 0.3 is 0 Å². The lowest BCUT2D eigenvalue weighted by molar-refractivity contribution is 0.394. The first-order valence-electron chi connectivity index (χ1n) is 6.53. The number of para-hydroxylation sites is 2. The number of fused-ring (bicyclic) bond motifs is 2. The molecule has 0 saturated heterocycles. The van der Waals surface area contributed by atoms with Crippen molar-refractivity contribution in [1.29, 1.82) is 0 Å². The Morgan fingerprint density at radius 1 is 0.778 bits per heavy atom. The van der Waals surface area contributed by atoms with Crippen LogP contribution in [0.25, 0.3) is 0 Å². The number of benzene rings is 2. The lowest BCUT2D eigenvalue weighted by atomic mass is 9.91. The van der Waals surface area contributed by atoms with Crippen LogP contribution >= 0.6 is 0 Å². The average Bonchev–Trinajstić information content (AvgIpc) is 2.34. The van der Waals surface area contributed by atoms with Gasteiger partial charge in [0.2, 0.25) is 0 Å². The van der Waals surface area contributed by atoms with E-state index in [1.807, 2.05) is 0 Å². The number of anilines is 2. The predicted octanol–water partition coefficient (Wildman–Crippen LogP) is 4.49. The zero-order valence-corrected chi connectivity index (χ0v) is 11.3. The molecule has 3 rings (SSSR count). The van der Waals surface area contributed by atoms with Gasteiger partial charge in [-0.2, -0.15) is 0 Å². The summed E-state index contributed by atoms with van der Waals surface area (Å²) in [5.74, 6) is 0. The molecule has 0 spiro atoms. The van der Waals surface area contributed by atoms with E-state index in [9.17, 15) is 0 Å². The van der Waals surface area contributed by atoms with Crippen molar-refractivity contribution in [2.45, 2.75) is 32.7 Å². The SMILES string of the molecule is CC(C)(C)[N+]1c2ccccc2Cc2ccccc21. The molecule has 2 aromatic carbocycles. The van der Waals surface area contributed by atoms with E-state index in [2.05, 4.69) is 74.2 Å². The van der Waals surface area contributed by atoms with E-state index in [-0.39, 0.29) is 5.54 Å². The second-order valence-corrected chi connectivity index (χ2v) is 5.94. The Balaban J connectivity index is 2.24. The minimum absolute atomic E-state index is 0.0899. The van der Waals surface area contributed by atoms with Crippen LogP contribution in [0.1, 0.15) is 31.9 Å². The molecule has 0 unspecified atom stereocenters. The number of rotatable bonds is 0. The van der Waals surface area contributed by atoms with Crippen LogP contribution in [0.3, 0.4) is 0 Å². The van der Waals surface area contributed by atoms with E-state index >= 15 is 0 Å². The van der Waals surface area contributed by atoms with E-state index in [1.54, 1.807) is 0 Å². The van der Waals surface area contributed by atoms with Crippen LogP contribution in [0.5, 0.6) is 0 Å². The first-order chi connectivity index (χ1) is 8.57. The van der Waals surface area contributed by atoms with Gasteiger partial charge in [-0.1, -0.05) is 41.3 Å². The Morgan fingerprint density at radius 3 is 1.67 bits per heavy atom. The molecule has 0 atom stereocenters. The maximum atomic E-state index is 2.46. The normalized spacial score (nSPS) is 15.1. The van der Waals surface area contributed by atoms with E-state index in [4.69, 9.17) is 0 Å². The van der Waals surface area contributed by atoms with Crippen LogP contribution in [0.15, 0.2) is 48.5 Å². The fourth-order valence-corrected chi connectivity index (χ4v) is 2.81. The molecule has 2 aromatic rings. The number of nitrogens with zero attached hydrogens (tertiary/aromatic N) is 1. The average molecular weight is 237 g/mol. The van der Waals surface area contributed by atoms with Crippen molar-refractivity contribution in [3.63, 3.8) is 0 Å². The largest absolute Gasteiger partial charge is 0.190 e. The van der Waals surface area contributed by atoms with Gasteiger partial charge in [0.25, 0.3) is 0 Å². The molecule has 0 bridgehead atoms. The second-order valence-electron chi connectivity index (χ2n) is 5.94. The van der Waals surface area contributed by atoms with Gasteiger partial charge in [0.15, 0.2) is 11.4 Å². The van der Waals surface area contributed by atoms with Gasteiger partial charge in [0.05, 0.1) is 0 Å². The van der Waals surface area contributed by atoms with Crippen LogP contribution in [0.2, 0.25) is 0 Å². The topological polar surface area (TPSA) is 5.90 Å². The Bertz CT molecular complexity index is 533. The first kappa shape index (κ1) is 11.5. The quantitative estimate of drug-likeness (QED) is 0.595. The highest BCUT2D eigenvalue weighted by Crippen LogP contribution is 2.41. The first-order valence-corrected chi connectivity index (χ1v) is 6.53. The molecule has 1 aliphatic heterocycles. The number of hydrogen-bond donors (Lipinski definition) is 0. The van der Waals surface area contributed by atoms with E-state index < -0.39 is 0 Å². The minimum atomic E-state index is 0.0899. The van der Waals surface area contributed by atoms with Crippen molar-refractivity contribution in [1.82, 2.24) is 4.90 Å². The molecule has 1 nitrogen and oxygen atoms in total. The van der Waals surface area contributed by atoms with Crippen molar-refractivity contribution >= 4 is 11.4 Å². The summed E-state index contributed by atoms with van der Waals surface area (Å²) >= 11 is 0. The lowest BCUT2D eigenvalue weighted by Gasteiger charge is -2.30. The maximum absolute atomic E-state index is 2.46. The maximum Gasteiger partial charge on any atom is 0.190 e. The zero-order valence-electron chi connectivity index (χ0n) is 11.3. The molecule has 1 heteroatoms. The van der Waals surface area contributed by atoms with E-state index in [0.717, 1.165) is 6.42 Å². The van der Waals surface area contributed by atoms with Crippen LogP contribution < -0.4 is 4.90 Å².